The second-order valence-electron chi connectivity index (χ2n) is 8.21. The number of benzene rings is 1. The fourth-order valence-electron chi connectivity index (χ4n) is 4.74. The second-order valence-corrected chi connectivity index (χ2v) is 8.21. The molecule has 0 bridgehead atoms. The Bertz CT molecular complexity index is 972. The van der Waals surface area contributed by atoms with E-state index in [1.807, 2.05) is 18.3 Å². The van der Waals surface area contributed by atoms with E-state index in [-0.39, 0.29) is 18.3 Å². The molecule has 3 heterocycles. The van der Waals surface area contributed by atoms with Gasteiger partial charge < -0.3 is 20.3 Å². The lowest BCUT2D eigenvalue weighted by molar-refractivity contribution is 0.0929. The Balaban J connectivity index is 1.51. The second kappa shape index (κ2) is 7.31. The Morgan fingerprint density at radius 3 is 2.79 bits per heavy atom. The van der Waals surface area contributed by atoms with E-state index in [1.54, 1.807) is 0 Å². The third-order valence-corrected chi connectivity index (χ3v) is 6.27. The number of nitrogens with zero attached hydrogens (tertiary/aromatic N) is 2. The maximum absolute atomic E-state index is 12.8. The number of carbonyl (C=O) groups excluding carboxylic acids is 1. The molecule has 4 N–H and O–H groups in total. The number of aliphatic hydroxyl groups excluding tert-OH is 1. The molecule has 1 aromatic carbocycles. The number of carbonyl (C=O) groups is 1. The summed E-state index contributed by atoms with van der Waals surface area (Å²) in [4.78, 5) is 17.5. The van der Waals surface area contributed by atoms with Gasteiger partial charge in [-0.05, 0) is 43.7 Å². The van der Waals surface area contributed by atoms with Crippen molar-refractivity contribution in [3.05, 3.63) is 41.1 Å². The molecule has 7 nitrogen and oxygen atoms in total. The third kappa shape index (κ3) is 3.24. The van der Waals surface area contributed by atoms with Crippen LogP contribution in [0.2, 0.25) is 0 Å². The van der Waals surface area contributed by atoms with E-state index in [2.05, 4.69) is 39.6 Å². The van der Waals surface area contributed by atoms with Crippen molar-refractivity contribution < 1.29 is 9.90 Å². The molecule has 1 atom stereocenters. The van der Waals surface area contributed by atoms with Gasteiger partial charge in [0, 0.05) is 36.5 Å². The van der Waals surface area contributed by atoms with Gasteiger partial charge in [0.15, 0.2) is 6.29 Å². The van der Waals surface area contributed by atoms with E-state index in [0.29, 0.717) is 18.3 Å². The molecule has 0 spiro atoms. The monoisotopic (exact) mass is 393 g/mol. The van der Waals surface area contributed by atoms with Gasteiger partial charge in [0.2, 0.25) is 0 Å². The molecule has 1 aromatic heterocycles. The molecule has 29 heavy (non-hydrogen) atoms. The van der Waals surface area contributed by atoms with Crippen LogP contribution in [-0.4, -0.2) is 46.8 Å². The van der Waals surface area contributed by atoms with E-state index in [1.165, 1.54) is 0 Å². The zero-order valence-corrected chi connectivity index (χ0v) is 16.6. The Morgan fingerprint density at radius 1 is 1.21 bits per heavy atom. The smallest absolute Gasteiger partial charge is 0.268 e. The molecule has 7 heteroatoms. The lowest BCUT2D eigenvalue weighted by Crippen LogP contribution is -2.46. The van der Waals surface area contributed by atoms with Gasteiger partial charge in [0.25, 0.3) is 5.91 Å². The first-order chi connectivity index (χ1) is 14.1. The van der Waals surface area contributed by atoms with Gasteiger partial charge >= 0.3 is 0 Å². The van der Waals surface area contributed by atoms with Crippen molar-refractivity contribution in [2.75, 3.05) is 11.9 Å². The van der Waals surface area contributed by atoms with E-state index < -0.39 is 0 Å². The van der Waals surface area contributed by atoms with Gasteiger partial charge in [-0.15, -0.1) is 0 Å². The Morgan fingerprint density at radius 2 is 2.00 bits per heavy atom. The molecule has 1 saturated carbocycles. The predicted octanol–water partition coefficient (Wildman–Crippen LogP) is 2.23. The quantitative estimate of drug-likeness (QED) is 0.644. The minimum atomic E-state index is -0.226. The number of hydrogen-bond donors (Lipinski definition) is 4. The molecule has 3 aliphatic rings. The van der Waals surface area contributed by atoms with Gasteiger partial charge in [0.1, 0.15) is 11.5 Å². The molecular weight excluding hydrogens is 366 g/mol. The van der Waals surface area contributed by atoms with Crippen LogP contribution in [0.25, 0.3) is 11.1 Å². The number of amides is 1. The average molecular weight is 393 g/mol. The summed E-state index contributed by atoms with van der Waals surface area (Å²) in [5.41, 5.74) is 4.83. The van der Waals surface area contributed by atoms with Gasteiger partial charge in [0.05, 0.1) is 6.10 Å². The molecular formula is C22H27N5O2. The molecule has 1 fully saturated rings. The van der Waals surface area contributed by atoms with Crippen molar-refractivity contribution in [3.8, 4) is 11.1 Å². The normalized spacial score (nSPS) is 25.7. The van der Waals surface area contributed by atoms with Crippen molar-refractivity contribution in [2.45, 2.75) is 57.6 Å². The molecule has 2 aliphatic heterocycles. The summed E-state index contributed by atoms with van der Waals surface area (Å²) in [5.74, 6) is 0.918. The zero-order valence-electron chi connectivity index (χ0n) is 16.6. The standard InChI is InChI=1S/C22H27N5O2/c1-13-4-2-3-5-16(13)18-17-12-24-22(25-14-6-8-15(28)9-7-14)26-20(17)27-11-10-23-21(29)19(18)27/h2-5,12,14-15,22,25-26,28H,6-11H2,1H3,(H,23,29). The average Bonchev–Trinajstić information content (AvgIpc) is 3.05. The molecule has 1 unspecified atom stereocenters. The van der Waals surface area contributed by atoms with E-state index >= 15 is 0 Å². The van der Waals surface area contributed by atoms with Crippen LogP contribution < -0.4 is 16.0 Å². The Kier molecular flexibility index (Phi) is 4.64. The van der Waals surface area contributed by atoms with Crippen molar-refractivity contribution in [3.63, 3.8) is 0 Å². The van der Waals surface area contributed by atoms with Crippen LogP contribution in [0.4, 0.5) is 5.82 Å². The predicted molar refractivity (Wildman–Crippen MR) is 113 cm³/mol. The first-order valence-corrected chi connectivity index (χ1v) is 10.5. The van der Waals surface area contributed by atoms with Crippen molar-refractivity contribution in [2.24, 2.45) is 4.99 Å². The lowest BCUT2D eigenvalue weighted by atomic mass is 9.93. The number of fused-ring (bicyclic) bond motifs is 3. The Labute approximate surface area is 170 Å². The van der Waals surface area contributed by atoms with E-state index in [4.69, 9.17) is 4.99 Å². The highest BCUT2D eigenvalue weighted by molar-refractivity contribution is 6.09. The third-order valence-electron chi connectivity index (χ3n) is 6.27. The number of aromatic nitrogens is 1. The summed E-state index contributed by atoms with van der Waals surface area (Å²) < 4.78 is 2.10. The van der Waals surface area contributed by atoms with Crippen LogP contribution in [0.15, 0.2) is 29.3 Å². The summed E-state index contributed by atoms with van der Waals surface area (Å²) in [6.45, 7) is 3.43. The molecule has 2 aromatic rings. The summed E-state index contributed by atoms with van der Waals surface area (Å²) >= 11 is 0. The minimum absolute atomic E-state index is 0.0371. The summed E-state index contributed by atoms with van der Waals surface area (Å²) in [6.07, 6.45) is 5.07. The van der Waals surface area contributed by atoms with Gasteiger partial charge in [-0.25, -0.2) is 0 Å². The highest BCUT2D eigenvalue weighted by atomic mass is 16.3. The maximum Gasteiger partial charge on any atom is 0.268 e. The zero-order chi connectivity index (χ0) is 20.0. The van der Waals surface area contributed by atoms with Gasteiger partial charge in [-0.3, -0.25) is 15.1 Å². The number of nitrogens with one attached hydrogen (secondary N) is 3. The summed E-state index contributed by atoms with van der Waals surface area (Å²) in [6, 6.07) is 8.50. The van der Waals surface area contributed by atoms with Gasteiger partial charge in [-0.2, -0.15) is 0 Å². The van der Waals surface area contributed by atoms with E-state index in [0.717, 1.165) is 60.3 Å². The van der Waals surface area contributed by atoms with E-state index in [9.17, 15) is 9.90 Å². The molecule has 0 radical (unpaired) electrons. The van der Waals surface area contributed by atoms with Gasteiger partial charge in [-0.1, -0.05) is 24.3 Å². The highest BCUT2D eigenvalue weighted by Gasteiger charge is 2.33. The van der Waals surface area contributed by atoms with Crippen LogP contribution in [0.3, 0.4) is 0 Å². The molecule has 152 valence electrons. The minimum Gasteiger partial charge on any atom is -0.393 e. The summed E-state index contributed by atoms with van der Waals surface area (Å²) in [5, 5.41) is 19.8. The number of rotatable bonds is 3. The number of hydrogen-bond acceptors (Lipinski definition) is 5. The maximum atomic E-state index is 12.8. The highest BCUT2D eigenvalue weighted by Crippen LogP contribution is 2.39. The SMILES string of the molecule is Cc1ccccc1-c1c2c(n3c1C(=O)NCC3)NC(NC1CCC(O)CC1)N=C2. The molecule has 1 amide bonds. The Hall–Kier alpha value is -2.64. The summed E-state index contributed by atoms with van der Waals surface area (Å²) in [7, 11) is 0. The first-order valence-electron chi connectivity index (χ1n) is 10.5. The molecule has 1 aliphatic carbocycles. The van der Waals surface area contributed by atoms with Crippen LogP contribution in [-0.2, 0) is 6.54 Å². The largest absolute Gasteiger partial charge is 0.393 e. The van der Waals surface area contributed by atoms with Crippen LogP contribution >= 0.6 is 0 Å². The fourth-order valence-corrected chi connectivity index (χ4v) is 4.74. The van der Waals surface area contributed by atoms with Crippen molar-refractivity contribution in [1.82, 2.24) is 15.2 Å². The molecule has 0 saturated heterocycles. The van der Waals surface area contributed by atoms with Crippen LogP contribution in [0.5, 0.6) is 0 Å². The topological polar surface area (TPSA) is 90.7 Å². The first kappa shape index (κ1) is 18.4. The van der Waals surface area contributed by atoms with Crippen molar-refractivity contribution >= 4 is 17.9 Å². The fraction of sp³-hybridized carbons (Fsp3) is 0.455. The van der Waals surface area contributed by atoms with Crippen molar-refractivity contribution in [1.29, 1.82) is 0 Å². The number of aliphatic imine (C=N–C) groups is 1. The number of anilines is 1. The van der Waals surface area contributed by atoms with Crippen LogP contribution in [0.1, 0.15) is 47.3 Å². The molecule has 5 rings (SSSR count). The number of aryl methyl sites for hydroxylation is 1. The number of aliphatic hydroxyl groups is 1. The lowest BCUT2D eigenvalue weighted by Gasteiger charge is -2.31. The van der Waals surface area contributed by atoms with Crippen LogP contribution in [0, 0.1) is 6.92 Å².